The van der Waals surface area contributed by atoms with Crippen molar-refractivity contribution in [2.24, 2.45) is 15.9 Å². The minimum absolute atomic E-state index is 0.161. The van der Waals surface area contributed by atoms with Crippen LogP contribution in [-0.2, 0) is 0 Å². The summed E-state index contributed by atoms with van der Waals surface area (Å²) >= 11 is 1.85. The number of para-hydroxylation sites is 2. The lowest BCUT2D eigenvalue weighted by Crippen LogP contribution is -2.45. The topological polar surface area (TPSA) is 44.9 Å². The van der Waals surface area contributed by atoms with Crippen molar-refractivity contribution in [1.82, 2.24) is 9.88 Å². The van der Waals surface area contributed by atoms with Crippen LogP contribution >= 0.6 is 11.8 Å². The highest BCUT2D eigenvalue weighted by molar-refractivity contribution is 7.99. The van der Waals surface area contributed by atoms with Crippen molar-refractivity contribution < 1.29 is 0 Å². The Labute approximate surface area is 325 Å². The normalized spacial score (nSPS) is 20.2. The highest BCUT2D eigenvalue weighted by Crippen LogP contribution is 2.52. The molecular weight excluding hydrogens is 691 g/mol. The quantitative estimate of drug-likeness (QED) is 0.196. The predicted octanol–water partition coefficient (Wildman–Crippen LogP) is 12.4. The first-order valence-corrected chi connectivity index (χ1v) is 20.3. The molecule has 0 radical (unpaired) electrons. The minimum Gasteiger partial charge on any atom is -0.333 e. The molecule has 3 aliphatic carbocycles. The van der Waals surface area contributed by atoms with E-state index in [4.69, 9.17) is 9.98 Å². The Bertz CT molecular complexity index is 2820. The van der Waals surface area contributed by atoms with Crippen molar-refractivity contribution >= 4 is 67.5 Å². The fourth-order valence-corrected chi connectivity index (χ4v) is 9.82. The zero-order valence-electron chi connectivity index (χ0n) is 30.4. The number of aromatic nitrogens is 1. The standard InChI is InChI=1S/C49H39N5S/c1-4-16-33(17-5-1)47-50-48(34-18-6-2-7-19-34)52-49(51-47)54-41-29-27-32-15-10-11-22-37(32)45(41)39-24-14-23-38(46(39)54)35-28-30-44-42(31-35)53(36-20-8-3-9-21-36)40-25-12-13-26-43(40)55-44/h1,4-6,8,10-16,18-31,33,47H,2-3,7,9,17H2,(H,50,51,52). The Morgan fingerprint density at radius 2 is 1.56 bits per heavy atom. The van der Waals surface area contributed by atoms with E-state index in [9.17, 15) is 0 Å². The third kappa shape index (κ3) is 5.46. The summed E-state index contributed by atoms with van der Waals surface area (Å²) in [5, 5.41) is 8.78. The van der Waals surface area contributed by atoms with Crippen molar-refractivity contribution in [1.29, 1.82) is 0 Å². The van der Waals surface area contributed by atoms with Gasteiger partial charge in [-0.15, -0.1) is 0 Å². The summed E-state index contributed by atoms with van der Waals surface area (Å²) in [7, 11) is 0. The van der Waals surface area contributed by atoms with Crippen LogP contribution in [0.4, 0.5) is 11.4 Å². The van der Waals surface area contributed by atoms with Crippen LogP contribution < -0.4 is 10.2 Å². The molecule has 266 valence electrons. The van der Waals surface area contributed by atoms with E-state index in [1.807, 2.05) is 11.8 Å². The monoisotopic (exact) mass is 729 g/mol. The molecule has 0 fully saturated rings. The van der Waals surface area contributed by atoms with Gasteiger partial charge in [-0.05, 0) is 84.8 Å². The van der Waals surface area contributed by atoms with Crippen LogP contribution in [0.3, 0.4) is 0 Å². The number of benzene rings is 5. The van der Waals surface area contributed by atoms with E-state index in [1.54, 1.807) is 0 Å². The van der Waals surface area contributed by atoms with Gasteiger partial charge in [-0.3, -0.25) is 4.57 Å². The van der Waals surface area contributed by atoms with Crippen molar-refractivity contribution in [2.45, 2.75) is 48.1 Å². The van der Waals surface area contributed by atoms with Gasteiger partial charge in [0.15, 0.2) is 5.84 Å². The molecule has 0 amide bonds. The molecule has 5 aliphatic rings. The molecule has 0 saturated carbocycles. The third-order valence-electron chi connectivity index (χ3n) is 11.4. The lowest BCUT2D eigenvalue weighted by molar-refractivity contribution is 0.471. The number of allylic oxidation sites excluding steroid dienone is 8. The first-order chi connectivity index (χ1) is 27.3. The van der Waals surface area contributed by atoms with Crippen LogP contribution in [0.1, 0.15) is 32.1 Å². The van der Waals surface area contributed by atoms with E-state index in [2.05, 4.69) is 173 Å². The third-order valence-corrected chi connectivity index (χ3v) is 12.5. The van der Waals surface area contributed by atoms with Gasteiger partial charge in [0.1, 0.15) is 6.17 Å². The van der Waals surface area contributed by atoms with Gasteiger partial charge in [0.2, 0.25) is 5.96 Å². The van der Waals surface area contributed by atoms with E-state index in [0.717, 1.165) is 60.5 Å². The molecular formula is C49H39N5S. The molecule has 11 rings (SSSR count). The zero-order valence-corrected chi connectivity index (χ0v) is 31.2. The Kier molecular flexibility index (Phi) is 7.83. The van der Waals surface area contributed by atoms with E-state index < -0.39 is 0 Å². The van der Waals surface area contributed by atoms with Gasteiger partial charge in [0.05, 0.1) is 22.4 Å². The van der Waals surface area contributed by atoms with Crippen LogP contribution in [0.2, 0.25) is 0 Å². The summed E-state index contributed by atoms with van der Waals surface area (Å²) in [6, 6.07) is 35.9. The van der Waals surface area contributed by atoms with Crippen LogP contribution in [0.5, 0.6) is 0 Å². The SMILES string of the molecule is C1=CCC(C2N=C(C3=CCCC=C3)N=C(n3c4ccc5ccccc5c4c4cccc(-c5ccc6c(c5)N(C5=CCCC=C5)c5ccccc5S6)c43)N2)C=C1. The molecule has 2 unspecified atom stereocenters. The molecule has 3 heterocycles. The van der Waals surface area contributed by atoms with Gasteiger partial charge in [-0.1, -0.05) is 133 Å². The van der Waals surface area contributed by atoms with E-state index in [1.165, 1.54) is 59.5 Å². The molecule has 5 aromatic carbocycles. The van der Waals surface area contributed by atoms with Gasteiger partial charge in [-0.2, -0.15) is 4.99 Å². The predicted molar refractivity (Wildman–Crippen MR) is 232 cm³/mol. The average Bonchev–Trinajstić information content (AvgIpc) is 3.61. The maximum absolute atomic E-state index is 5.41. The molecule has 55 heavy (non-hydrogen) atoms. The summed E-state index contributed by atoms with van der Waals surface area (Å²) in [5.74, 6) is 1.81. The van der Waals surface area contributed by atoms with Crippen molar-refractivity contribution in [2.75, 3.05) is 4.90 Å². The van der Waals surface area contributed by atoms with Crippen molar-refractivity contribution in [3.8, 4) is 11.1 Å². The maximum atomic E-state index is 5.41. The molecule has 0 spiro atoms. The van der Waals surface area contributed by atoms with Crippen LogP contribution in [0.25, 0.3) is 43.7 Å². The lowest BCUT2D eigenvalue weighted by Gasteiger charge is -2.34. The average molecular weight is 730 g/mol. The molecule has 1 aromatic heterocycles. The molecule has 1 N–H and O–H groups in total. The van der Waals surface area contributed by atoms with Gasteiger partial charge < -0.3 is 10.2 Å². The highest BCUT2D eigenvalue weighted by atomic mass is 32.2. The Morgan fingerprint density at radius 1 is 0.709 bits per heavy atom. The summed E-state index contributed by atoms with van der Waals surface area (Å²) in [5.41, 5.74) is 9.36. The van der Waals surface area contributed by atoms with Crippen LogP contribution in [0, 0.1) is 5.92 Å². The first kappa shape index (κ1) is 32.3. The number of nitrogens with one attached hydrogen (secondary N) is 1. The highest BCUT2D eigenvalue weighted by Gasteiger charge is 2.30. The number of fused-ring (bicyclic) bond motifs is 7. The summed E-state index contributed by atoms with van der Waals surface area (Å²) in [6.45, 7) is 0. The number of nitrogens with zero attached hydrogens (tertiary/aromatic N) is 4. The Balaban J connectivity index is 1.16. The molecule has 0 bridgehead atoms. The number of hydrogen-bond acceptors (Lipinski definition) is 5. The van der Waals surface area contributed by atoms with Crippen LogP contribution in [-0.4, -0.2) is 22.5 Å². The van der Waals surface area contributed by atoms with Crippen LogP contribution in [0.15, 0.2) is 189 Å². The number of rotatable bonds is 4. The molecule has 6 heteroatoms. The van der Waals surface area contributed by atoms with E-state index in [-0.39, 0.29) is 12.1 Å². The summed E-state index contributed by atoms with van der Waals surface area (Å²) in [4.78, 5) is 15.7. The van der Waals surface area contributed by atoms with Gasteiger partial charge in [0.25, 0.3) is 0 Å². The minimum atomic E-state index is -0.161. The number of anilines is 2. The second-order valence-electron chi connectivity index (χ2n) is 14.7. The first-order valence-electron chi connectivity index (χ1n) is 19.5. The molecule has 5 nitrogen and oxygen atoms in total. The maximum Gasteiger partial charge on any atom is 0.211 e. The Morgan fingerprint density at radius 3 is 2.44 bits per heavy atom. The largest absolute Gasteiger partial charge is 0.333 e. The fourth-order valence-electron chi connectivity index (χ4n) is 8.78. The summed E-state index contributed by atoms with van der Waals surface area (Å²) < 4.78 is 2.39. The number of hydrogen-bond donors (Lipinski definition) is 1. The molecule has 2 aliphatic heterocycles. The fraction of sp³-hybridized carbons (Fsp3) is 0.143. The number of aliphatic imine (C=N–C) groups is 2. The summed E-state index contributed by atoms with van der Waals surface area (Å²) in [6.07, 6.45) is 27.4. The number of amidine groups is 1. The smallest absolute Gasteiger partial charge is 0.211 e. The zero-order chi connectivity index (χ0) is 36.3. The van der Waals surface area contributed by atoms with E-state index in [0.29, 0.717) is 0 Å². The van der Waals surface area contributed by atoms with Gasteiger partial charge in [-0.25, -0.2) is 4.99 Å². The lowest BCUT2D eigenvalue weighted by atomic mass is 9.97. The molecule has 2 atom stereocenters. The second kappa shape index (κ2) is 13.3. The molecule has 6 aromatic rings. The van der Waals surface area contributed by atoms with Crippen molar-refractivity contribution in [3.63, 3.8) is 0 Å². The van der Waals surface area contributed by atoms with Gasteiger partial charge in [0, 0.05) is 43.3 Å². The Hall–Kier alpha value is -6.11. The second-order valence-corrected chi connectivity index (χ2v) is 15.8. The molecule has 0 saturated heterocycles. The van der Waals surface area contributed by atoms with Gasteiger partial charge >= 0.3 is 0 Å². The van der Waals surface area contributed by atoms with E-state index >= 15 is 0 Å². The van der Waals surface area contributed by atoms with Crippen molar-refractivity contribution in [3.05, 3.63) is 169 Å².